The average Bonchev–Trinajstić information content (AvgIpc) is 0.719. The van der Waals surface area contributed by atoms with Crippen molar-refractivity contribution in [1.29, 1.82) is 0 Å². The van der Waals surface area contributed by atoms with Crippen LogP contribution in [-0.4, -0.2) is 180 Å². The molecule has 0 saturated carbocycles. The van der Waals surface area contributed by atoms with Crippen molar-refractivity contribution in [3.05, 3.63) is 96.1 Å². The molecule has 0 radical (unpaired) electrons. The molecular weight excluding hydrogens is 2190 g/mol. The molecule has 55 nitrogen and oxygen atoms in total. The van der Waals surface area contributed by atoms with Gasteiger partial charge in [-0.3, -0.25) is 41.9 Å². The molecule has 0 aromatic heterocycles. The van der Waals surface area contributed by atoms with Crippen LogP contribution >= 0.6 is 61.1 Å². The minimum absolute atomic E-state index is 0. The molecule has 8 aromatic rings. The summed E-state index contributed by atoms with van der Waals surface area (Å²) in [6, 6.07) is 13.9. The van der Waals surface area contributed by atoms with E-state index in [4.69, 9.17) is 33.0 Å². The van der Waals surface area contributed by atoms with Crippen molar-refractivity contribution in [2.45, 2.75) is 53.0 Å². The molecule has 136 heavy (non-hydrogen) atoms. The molecule has 0 aliphatic rings. The Bertz CT molecular complexity index is 6500. The first-order valence-corrected chi connectivity index (χ1v) is 48.5. The van der Waals surface area contributed by atoms with Gasteiger partial charge in [-0.1, -0.05) is 0 Å². The van der Waals surface area contributed by atoms with Crippen molar-refractivity contribution in [2.24, 2.45) is 40.9 Å². The summed E-state index contributed by atoms with van der Waals surface area (Å²) >= 11 is 0.534. The van der Waals surface area contributed by atoms with Crippen molar-refractivity contribution in [1.82, 2.24) is 0 Å². The van der Waals surface area contributed by atoms with Crippen LogP contribution in [0.1, 0.15) is 11.1 Å². The van der Waals surface area contributed by atoms with Gasteiger partial charge in [-0.05, 0) is 91.0 Å². The number of hydrogen-bond acceptors (Lipinski definition) is 60. The number of ether oxygens (including phenoxy) is 4. The van der Waals surface area contributed by atoms with Gasteiger partial charge in [0, 0.05) is 35.0 Å². The third kappa shape index (κ3) is 41.4. The van der Waals surface area contributed by atoms with E-state index in [1.54, 1.807) is 0 Å². The van der Waals surface area contributed by atoms with Crippen molar-refractivity contribution >= 4 is 220 Å². The number of phenols is 2. The molecule has 0 amide bonds. The second-order valence-electron chi connectivity index (χ2n) is 23.4. The van der Waals surface area contributed by atoms with E-state index in [1.165, 1.54) is 46.3 Å². The zero-order valence-corrected chi connectivity index (χ0v) is 101. The Morgan fingerprint density at radius 3 is 1.20 bits per heavy atom. The van der Waals surface area contributed by atoms with Gasteiger partial charge >= 0.3 is 266 Å². The zero-order valence-electron chi connectivity index (χ0n) is 72.9. The number of rotatable bonds is 49. The quantitative estimate of drug-likeness (QED) is 0.00317. The smallest absolute Gasteiger partial charge is 0.747 e. The molecular formula is C59H55N10Na9O45S13. The molecule has 8 aromatic carbocycles. The maximum atomic E-state index is 13.0. The summed E-state index contributed by atoms with van der Waals surface area (Å²) in [6.45, 7) is 0.338. The molecule has 0 heterocycles. The van der Waals surface area contributed by atoms with E-state index in [0.717, 1.165) is 74.9 Å². The molecule has 0 saturated heterocycles. The number of aromatic hydroxyl groups is 2. The van der Waals surface area contributed by atoms with E-state index < -0.39 is 212 Å². The van der Waals surface area contributed by atoms with E-state index in [-0.39, 0.29) is 414 Å². The minimum Gasteiger partial charge on any atom is -0.747 e. The molecule has 5 N–H and O–H groups in total. The Balaban J connectivity index is -0.00000244. The molecule has 0 aliphatic carbocycles. The van der Waals surface area contributed by atoms with Crippen molar-refractivity contribution < 1.29 is 471 Å². The summed E-state index contributed by atoms with van der Waals surface area (Å²) in [5.74, 6) is -6.89. The zero-order chi connectivity index (χ0) is 94.2. The van der Waals surface area contributed by atoms with Gasteiger partial charge in [0.2, 0.25) is 10.4 Å². The normalized spacial score (nSPS) is 11.9. The fraction of sp³-hybridized carbons (Fsp3) is 0.254. The topological polar surface area (TPSA) is 824 Å². The first kappa shape index (κ1) is 141. The van der Waals surface area contributed by atoms with Crippen LogP contribution in [0.2, 0.25) is 0 Å². The number of phenolic OH excluding ortho intramolecular Hbond substituents is 2. The number of sulfone groups is 4. The van der Waals surface area contributed by atoms with Crippen LogP contribution in [0.4, 0.5) is 56.9 Å². The predicted octanol–water partition coefficient (Wildman–Crippen LogP) is -22.8. The SMILES string of the molecule is COc1cc(S(=O)(=O)CCOS(=O)(=O)[O-])c(OC)cc1N=Nc1c(S(=O)(=O)[O-])cc2cc(SOO[O-])c(N=Nc3cc(C)c(S(=O)(=O)CCOSOO[O-])cc3OC)c(O)c2c1N.COc1cc(S(=O)(=O)CCOSOO[O-])c(C)cc1N=Nc1c(SOO[O-])cc2c(N=Nc3ccc(S(=O)(=O)CCOSOO[O-])cc3S(=O)(=O)[O-])c(NCS(=O)(=O)[O-])ccc2c1O.[Na+].[Na+].[Na+].[Na+].[Na+].[Na+].[Na+].[Na+].[Na+]. The molecule has 0 bridgehead atoms. The molecule has 0 fully saturated rings. The Kier molecular flexibility index (Phi) is 67.7. The van der Waals surface area contributed by atoms with Crippen molar-refractivity contribution in [3.8, 4) is 34.5 Å². The maximum absolute atomic E-state index is 13.0. The third-order valence-corrected chi connectivity index (χ3v) is 27.8. The maximum Gasteiger partial charge on any atom is 1.00 e. The first-order chi connectivity index (χ1) is 59.7. The summed E-state index contributed by atoms with van der Waals surface area (Å²) < 4.78 is 305. The number of nitrogen functional groups attached to an aromatic ring is 1. The van der Waals surface area contributed by atoms with Gasteiger partial charge in [0.15, 0.2) is 87.8 Å². The second kappa shape index (κ2) is 65.5. The van der Waals surface area contributed by atoms with Crippen LogP contribution in [0.25, 0.3) is 21.5 Å². The number of benzene rings is 8. The number of aryl methyl sites for hydroxylation is 2. The standard InChI is InChI=1S/C30H33N5O22S6.C29H31N5O23S7.9Na/c1-15-9-17(19(49-2)13-23(15)60(39,40)7-5-52-59-57-55-38)32-34-28-22(58-56-54-37)10-16-11-25(62(43,44)45)29(27(31)26(16)30(28)36)35-33-18-12-21(51-4)24(14-20(18)50-3)61(41,42)8-6-53-63(46,47)48;1-16-11-22(23(49-2)14-25(16)62(41,42)10-8-51-60-57-54-38)32-34-28-24(58-55-52-36)13-19-18(29(28)35)4-6-21(30-15-63(43,44)45)27(19)33-31-20-5-3-17(12-26(20)64(46,47)48)61(39,40)9-7-50-59-56-53-37;;;;;;;;;/h9-14,36-38H,5-8,31H2,1-4H3,(H,43,44,45)(H,46,47,48);3-6,11-14,30,35-38H,7-10,15H2,1-2H3,(H,43,44,45)(H,46,47,48);;;;;;;;;/q;;9*+1/p-9. The van der Waals surface area contributed by atoms with Gasteiger partial charge in [-0.15, -0.1) is 53.9 Å². The van der Waals surface area contributed by atoms with Gasteiger partial charge in [0.05, 0.1) is 153 Å². The Morgan fingerprint density at radius 2 is 0.772 bits per heavy atom. The fourth-order valence-electron chi connectivity index (χ4n) is 10.4. The second-order valence-corrected chi connectivity index (χ2v) is 39.9. The number of azo groups is 4. The monoisotopic (exact) mass is 2250 g/mol. The van der Waals surface area contributed by atoms with Crippen LogP contribution in [0, 0.1) is 13.8 Å². The number of nitrogens with two attached hydrogens (primary N) is 1. The molecule has 0 spiro atoms. The van der Waals surface area contributed by atoms with Crippen LogP contribution in [0.15, 0.2) is 165 Å². The molecule has 77 heteroatoms. The van der Waals surface area contributed by atoms with E-state index in [0.29, 0.717) is 6.07 Å². The van der Waals surface area contributed by atoms with Gasteiger partial charge in [-0.25, -0.2) is 67.3 Å². The number of anilines is 2. The van der Waals surface area contributed by atoms with Crippen molar-refractivity contribution in [3.63, 3.8) is 0 Å². The Morgan fingerprint density at radius 1 is 0.382 bits per heavy atom. The Hall–Kier alpha value is 0.510. The first-order valence-electron chi connectivity index (χ1n) is 32.7. The van der Waals surface area contributed by atoms with E-state index in [2.05, 4.69) is 101 Å². The largest absolute Gasteiger partial charge is 1.00 e. The average molecular weight is 2250 g/mol. The van der Waals surface area contributed by atoms with E-state index in [1.807, 2.05) is 0 Å². The van der Waals surface area contributed by atoms with Gasteiger partial charge in [0.25, 0.3) is 0 Å². The van der Waals surface area contributed by atoms with Crippen molar-refractivity contribution in [2.75, 3.05) is 94.8 Å². The summed E-state index contributed by atoms with van der Waals surface area (Å²) in [6.07, 6.45) is 0. The van der Waals surface area contributed by atoms with Crippen LogP contribution in [0.3, 0.4) is 0 Å². The number of methoxy groups -OCH3 is 4. The summed E-state index contributed by atoms with van der Waals surface area (Å²) in [4.78, 5) is -4.55. The van der Waals surface area contributed by atoms with Gasteiger partial charge in [0.1, 0.15) is 110 Å². The van der Waals surface area contributed by atoms with Crippen LogP contribution in [0.5, 0.6) is 34.5 Å². The van der Waals surface area contributed by atoms with E-state index in [9.17, 15) is 122 Å². The minimum atomic E-state index is -5.52. The molecule has 0 atom stereocenters. The third-order valence-electron chi connectivity index (χ3n) is 15.7. The summed E-state index contributed by atoms with van der Waals surface area (Å²) in [5, 5.41) is 123. The number of hydrogen-bond donors (Lipinski definition) is 4. The fourth-order valence-corrected chi connectivity index (χ4v) is 19.5. The van der Waals surface area contributed by atoms with E-state index >= 15 is 0 Å². The van der Waals surface area contributed by atoms with Gasteiger partial charge < -0.3 is 84.7 Å². The molecule has 0 unspecified atom stereocenters. The number of fused-ring (bicyclic) bond motifs is 2. The summed E-state index contributed by atoms with van der Waals surface area (Å²) in [5.41, 5.74) is 2.05. The predicted molar refractivity (Wildman–Crippen MR) is 415 cm³/mol. The number of nitrogens with one attached hydrogen (secondary N) is 1. The molecule has 0 aliphatic heterocycles. The molecule has 8 rings (SSSR count). The number of nitrogens with zero attached hydrogens (tertiary/aromatic N) is 8. The Labute approximate surface area is 993 Å². The summed E-state index contributed by atoms with van der Waals surface area (Å²) in [7, 11) is -33.6. The molecule has 698 valence electrons. The van der Waals surface area contributed by atoms with Gasteiger partial charge in [-0.2, -0.15) is 8.67 Å². The van der Waals surface area contributed by atoms with Crippen LogP contribution in [-0.2, 0) is 144 Å². The van der Waals surface area contributed by atoms with Crippen LogP contribution < -0.4 is 322 Å².